The van der Waals surface area contributed by atoms with Crippen LogP contribution in [0.25, 0.3) is 0 Å². The molecule has 1 fully saturated rings. The fourth-order valence-electron chi connectivity index (χ4n) is 2.70. The summed E-state index contributed by atoms with van der Waals surface area (Å²) >= 11 is 9.22. The van der Waals surface area contributed by atoms with Crippen LogP contribution in [0.3, 0.4) is 0 Å². The average Bonchev–Trinajstić information content (AvgIpc) is 3.02. The average molecular weight is 412 g/mol. The summed E-state index contributed by atoms with van der Waals surface area (Å²) in [6.07, 6.45) is 2.98. The molecule has 1 saturated heterocycles. The summed E-state index contributed by atoms with van der Waals surface area (Å²) in [5.41, 5.74) is 0.426. The molecule has 0 bridgehead atoms. The number of nitrogens with zero attached hydrogens (tertiary/aromatic N) is 2. The molecule has 24 heavy (non-hydrogen) atoms. The molecule has 0 aliphatic carbocycles. The highest BCUT2D eigenvalue weighted by atomic mass is 79.9. The van der Waals surface area contributed by atoms with Crippen LogP contribution in [-0.2, 0) is 0 Å². The van der Waals surface area contributed by atoms with E-state index in [-0.39, 0.29) is 11.8 Å². The van der Waals surface area contributed by atoms with Gasteiger partial charge in [-0.3, -0.25) is 4.79 Å². The first kappa shape index (κ1) is 17.0. The van der Waals surface area contributed by atoms with Gasteiger partial charge in [0, 0.05) is 18.1 Å². The molecular formula is C17H16BrClN2O3. The molecule has 1 aliphatic heterocycles. The maximum atomic E-state index is 13.0. The fraction of sp³-hybridized carbons (Fsp3) is 0.294. The minimum absolute atomic E-state index is 0.0900. The van der Waals surface area contributed by atoms with Crippen molar-refractivity contribution >= 4 is 45.2 Å². The van der Waals surface area contributed by atoms with Crippen LogP contribution in [0, 0.1) is 0 Å². The Balaban J connectivity index is 1.96. The quantitative estimate of drug-likeness (QED) is 0.702. The SMILES string of the molecule is O=C(c1ccc(Br)o1)N(C(=O)N1CCCCC1)c1cccc(Cl)c1. The second-order valence-corrected chi connectivity index (χ2v) is 6.77. The predicted octanol–water partition coefficient (Wildman–Crippen LogP) is 4.95. The van der Waals surface area contributed by atoms with Crippen molar-refractivity contribution < 1.29 is 14.0 Å². The molecule has 7 heteroatoms. The summed E-state index contributed by atoms with van der Waals surface area (Å²) in [6.45, 7) is 1.29. The Morgan fingerprint density at radius 2 is 1.88 bits per heavy atom. The van der Waals surface area contributed by atoms with Crippen LogP contribution in [0.5, 0.6) is 0 Å². The number of rotatable bonds is 2. The van der Waals surface area contributed by atoms with E-state index >= 15 is 0 Å². The van der Waals surface area contributed by atoms with Gasteiger partial charge in [-0.2, -0.15) is 0 Å². The molecule has 2 aromatic rings. The van der Waals surface area contributed by atoms with Gasteiger partial charge in [0.25, 0.3) is 0 Å². The monoisotopic (exact) mass is 410 g/mol. The lowest BCUT2D eigenvalue weighted by Gasteiger charge is -2.31. The van der Waals surface area contributed by atoms with E-state index in [2.05, 4.69) is 15.9 Å². The third-order valence-corrected chi connectivity index (χ3v) is 4.53. The fourth-order valence-corrected chi connectivity index (χ4v) is 3.19. The van der Waals surface area contributed by atoms with E-state index in [9.17, 15) is 9.59 Å². The minimum atomic E-state index is -0.515. The van der Waals surface area contributed by atoms with E-state index in [1.807, 2.05) is 0 Å². The molecular weight excluding hydrogens is 396 g/mol. The first-order chi connectivity index (χ1) is 11.6. The number of halogens is 2. The molecule has 0 saturated carbocycles. The second-order valence-electron chi connectivity index (χ2n) is 5.55. The number of hydrogen-bond acceptors (Lipinski definition) is 3. The van der Waals surface area contributed by atoms with Crippen LogP contribution >= 0.6 is 27.5 Å². The molecule has 0 atom stereocenters. The lowest BCUT2D eigenvalue weighted by molar-refractivity contribution is 0.0956. The first-order valence-electron chi connectivity index (χ1n) is 7.70. The number of urea groups is 1. The van der Waals surface area contributed by atoms with Crippen molar-refractivity contribution in [2.24, 2.45) is 0 Å². The van der Waals surface area contributed by atoms with E-state index in [1.54, 1.807) is 35.2 Å². The molecule has 1 aromatic carbocycles. The van der Waals surface area contributed by atoms with E-state index in [1.165, 1.54) is 6.07 Å². The summed E-state index contributed by atoms with van der Waals surface area (Å²) in [7, 11) is 0. The summed E-state index contributed by atoms with van der Waals surface area (Å²) in [4.78, 5) is 28.7. The predicted molar refractivity (Wildman–Crippen MR) is 95.5 cm³/mol. The van der Waals surface area contributed by atoms with Crippen LogP contribution in [0.2, 0.25) is 5.02 Å². The first-order valence-corrected chi connectivity index (χ1v) is 8.87. The van der Waals surface area contributed by atoms with Crippen molar-refractivity contribution in [2.45, 2.75) is 19.3 Å². The maximum Gasteiger partial charge on any atom is 0.331 e. The molecule has 0 unspecified atom stereocenters. The lowest BCUT2D eigenvalue weighted by Crippen LogP contribution is -2.48. The number of imide groups is 1. The van der Waals surface area contributed by atoms with Gasteiger partial charge in [0.15, 0.2) is 10.4 Å². The molecule has 126 valence electrons. The molecule has 0 radical (unpaired) electrons. The number of piperidine rings is 1. The topological polar surface area (TPSA) is 53.8 Å². The maximum absolute atomic E-state index is 13.0. The molecule has 5 nitrogen and oxygen atoms in total. The molecule has 1 aromatic heterocycles. The summed E-state index contributed by atoms with van der Waals surface area (Å²) in [5, 5.41) is 0.456. The van der Waals surface area contributed by atoms with E-state index in [0.717, 1.165) is 24.2 Å². The van der Waals surface area contributed by atoms with Gasteiger partial charge in [-0.05, 0) is 65.5 Å². The normalized spacial score (nSPS) is 14.5. The minimum Gasteiger partial charge on any atom is -0.444 e. The number of likely N-dealkylation sites (tertiary alicyclic amines) is 1. The zero-order chi connectivity index (χ0) is 17.1. The Hall–Kier alpha value is -1.79. The van der Waals surface area contributed by atoms with E-state index in [0.29, 0.717) is 28.5 Å². The number of hydrogen-bond donors (Lipinski definition) is 0. The summed E-state index contributed by atoms with van der Waals surface area (Å²) in [6, 6.07) is 9.49. The highest BCUT2D eigenvalue weighted by molar-refractivity contribution is 9.10. The second kappa shape index (κ2) is 7.40. The van der Waals surface area contributed by atoms with Crippen LogP contribution in [0.4, 0.5) is 10.5 Å². The number of benzene rings is 1. The van der Waals surface area contributed by atoms with Gasteiger partial charge in [0.05, 0.1) is 5.69 Å². The third kappa shape index (κ3) is 3.65. The summed E-state index contributed by atoms with van der Waals surface area (Å²) < 4.78 is 5.77. The van der Waals surface area contributed by atoms with Gasteiger partial charge in [-0.25, -0.2) is 9.69 Å². The Kier molecular flexibility index (Phi) is 5.26. The number of furan rings is 1. The highest BCUT2D eigenvalue weighted by Gasteiger charge is 2.31. The third-order valence-electron chi connectivity index (χ3n) is 3.87. The Bertz CT molecular complexity index is 756. The van der Waals surface area contributed by atoms with Crippen LogP contribution in [0.1, 0.15) is 29.8 Å². The van der Waals surface area contributed by atoms with Gasteiger partial charge >= 0.3 is 11.9 Å². The molecule has 0 N–H and O–H groups in total. The Labute approximate surface area is 153 Å². The Morgan fingerprint density at radius 1 is 1.12 bits per heavy atom. The molecule has 3 amide bonds. The summed E-state index contributed by atoms with van der Waals surface area (Å²) in [5.74, 6) is -0.425. The van der Waals surface area contributed by atoms with E-state index in [4.69, 9.17) is 16.0 Å². The largest absolute Gasteiger partial charge is 0.444 e. The molecule has 0 spiro atoms. The van der Waals surface area contributed by atoms with Crippen molar-refractivity contribution in [3.05, 3.63) is 51.9 Å². The van der Waals surface area contributed by atoms with Crippen LogP contribution in [-0.4, -0.2) is 29.9 Å². The highest BCUT2D eigenvalue weighted by Crippen LogP contribution is 2.25. The Morgan fingerprint density at radius 3 is 2.50 bits per heavy atom. The van der Waals surface area contributed by atoms with Crippen molar-refractivity contribution in [3.8, 4) is 0 Å². The van der Waals surface area contributed by atoms with Crippen LogP contribution in [0.15, 0.2) is 45.5 Å². The number of carbonyl (C=O) groups excluding carboxylic acids is 2. The molecule has 2 heterocycles. The zero-order valence-corrected chi connectivity index (χ0v) is 15.2. The van der Waals surface area contributed by atoms with Gasteiger partial charge in [0.1, 0.15) is 0 Å². The van der Waals surface area contributed by atoms with Crippen molar-refractivity contribution in [1.29, 1.82) is 0 Å². The van der Waals surface area contributed by atoms with Crippen molar-refractivity contribution in [3.63, 3.8) is 0 Å². The van der Waals surface area contributed by atoms with Crippen LogP contribution < -0.4 is 4.90 Å². The number of carbonyl (C=O) groups is 2. The van der Waals surface area contributed by atoms with Gasteiger partial charge in [0.2, 0.25) is 0 Å². The molecule has 1 aliphatic rings. The lowest BCUT2D eigenvalue weighted by atomic mass is 10.1. The van der Waals surface area contributed by atoms with Gasteiger partial charge in [-0.1, -0.05) is 17.7 Å². The van der Waals surface area contributed by atoms with Crippen molar-refractivity contribution in [2.75, 3.05) is 18.0 Å². The number of amides is 3. The van der Waals surface area contributed by atoms with Crippen molar-refractivity contribution in [1.82, 2.24) is 4.90 Å². The zero-order valence-electron chi connectivity index (χ0n) is 12.9. The van der Waals surface area contributed by atoms with Gasteiger partial charge in [-0.15, -0.1) is 0 Å². The number of anilines is 1. The van der Waals surface area contributed by atoms with Gasteiger partial charge < -0.3 is 9.32 Å². The standard InChI is InChI=1S/C17H16BrClN2O3/c18-15-8-7-14(24-15)16(22)21(13-6-4-5-12(19)11-13)17(23)20-9-2-1-3-10-20/h4-8,11H,1-3,9-10H2. The smallest absolute Gasteiger partial charge is 0.331 e. The van der Waals surface area contributed by atoms with E-state index < -0.39 is 5.91 Å². The molecule has 3 rings (SSSR count).